The molecule has 0 aliphatic heterocycles. The second-order valence-corrected chi connectivity index (χ2v) is 4.97. The lowest BCUT2D eigenvalue weighted by molar-refractivity contribution is 0.0594. The normalized spacial score (nSPS) is 12.9. The van der Waals surface area contributed by atoms with Crippen LogP contribution in [0.15, 0.2) is 24.3 Å². The predicted octanol–water partition coefficient (Wildman–Crippen LogP) is 2.30. The summed E-state index contributed by atoms with van der Waals surface area (Å²) in [6.07, 6.45) is 0.351. The fourth-order valence-corrected chi connectivity index (χ4v) is 1.80. The molecule has 0 aromatic heterocycles. The van der Waals surface area contributed by atoms with Crippen molar-refractivity contribution in [2.24, 2.45) is 0 Å². The van der Waals surface area contributed by atoms with Crippen molar-refractivity contribution >= 4 is 0 Å². The summed E-state index contributed by atoms with van der Waals surface area (Å²) in [4.78, 5) is 0. The second-order valence-electron chi connectivity index (χ2n) is 4.97. The van der Waals surface area contributed by atoms with Crippen molar-refractivity contribution < 1.29 is 9.84 Å². The Bertz CT molecular complexity index is 322. The monoisotopic (exact) mass is 251 g/mol. The number of hydrogen-bond acceptors (Lipinski definition) is 3. The van der Waals surface area contributed by atoms with Crippen molar-refractivity contribution in [2.75, 3.05) is 20.3 Å². The van der Waals surface area contributed by atoms with Crippen LogP contribution in [-0.4, -0.2) is 31.5 Å². The van der Waals surface area contributed by atoms with E-state index in [1.54, 1.807) is 7.11 Å². The summed E-state index contributed by atoms with van der Waals surface area (Å²) >= 11 is 0. The van der Waals surface area contributed by atoms with Gasteiger partial charge in [-0.3, -0.25) is 0 Å². The molecule has 1 aromatic carbocycles. The van der Waals surface area contributed by atoms with Gasteiger partial charge in [-0.15, -0.1) is 0 Å². The van der Waals surface area contributed by atoms with Crippen LogP contribution >= 0.6 is 0 Å². The summed E-state index contributed by atoms with van der Waals surface area (Å²) < 4.78 is 4.88. The Labute approximate surface area is 110 Å². The first kappa shape index (κ1) is 15.2. The Morgan fingerprint density at radius 2 is 1.89 bits per heavy atom. The van der Waals surface area contributed by atoms with Crippen LogP contribution in [0.5, 0.6) is 0 Å². The maximum absolute atomic E-state index is 9.48. The number of benzene rings is 1. The number of hydrogen-bond donors (Lipinski definition) is 2. The topological polar surface area (TPSA) is 41.5 Å². The van der Waals surface area contributed by atoms with Gasteiger partial charge in [-0.2, -0.15) is 0 Å². The first-order valence-corrected chi connectivity index (χ1v) is 6.60. The first-order chi connectivity index (χ1) is 8.63. The van der Waals surface area contributed by atoms with Crippen LogP contribution in [0.4, 0.5) is 0 Å². The number of aliphatic hydroxyl groups is 1. The molecule has 1 rings (SSSR count). The highest BCUT2D eigenvalue weighted by molar-refractivity contribution is 5.24. The molecule has 0 amide bonds. The van der Waals surface area contributed by atoms with Crippen LogP contribution in [0.25, 0.3) is 0 Å². The van der Waals surface area contributed by atoms with Crippen molar-refractivity contribution in [3.8, 4) is 0 Å². The van der Waals surface area contributed by atoms with E-state index in [9.17, 15) is 5.11 Å². The van der Waals surface area contributed by atoms with E-state index in [0.29, 0.717) is 12.5 Å². The molecule has 3 nitrogen and oxygen atoms in total. The Morgan fingerprint density at radius 1 is 1.22 bits per heavy atom. The van der Waals surface area contributed by atoms with Gasteiger partial charge in [0, 0.05) is 13.7 Å². The summed E-state index contributed by atoms with van der Waals surface area (Å²) in [6.45, 7) is 6.45. The molecule has 0 spiro atoms. The summed E-state index contributed by atoms with van der Waals surface area (Å²) in [5.74, 6) is 0.580. The van der Waals surface area contributed by atoms with Crippen molar-refractivity contribution in [2.45, 2.75) is 38.8 Å². The van der Waals surface area contributed by atoms with E-state index in [2.05, 4.69) is 43.4 Å². The van der Waals surface area contributed by atoms with Crippen LogP contribution in [-0.2, 0) is 11.3 Å². The fourth-order valence-electron chi connectivity index (χ4n) is 1.80. The zero-order valence-electron chi connectivity index (χ0n) is 11.6. The number of ether oxygens (including phenoxy) is 1. The third-order valence-corrected chi connectivity index (χ3v) is 2.99. The highest BCUT2D eigenvalue weighted by atomic mass is 16.5. The maximum Gasteiger partial charge on any atom is 0.0785 e. The van der Waals surface area contributed by atoms with Gasteiger partial charge in [0.2, 0.25) is 0 Å². The average Bonchev–Trinajstić information content (AvgIpc) is 2.35. The van der Waals surface area contributed by atoms with E-state index in [1.165, 1.54) is 11.1 Å². The maximum atomic E-state index is 9.48. The lowest BCUT2D eigenvalue weighted by Crippen LogP contribution is -2.23. The van der Waals surface area contributed by atoms with Gasteiger partial charge in [-0.05, 0) is 30.0 Å². The van der Waals surface area contributed by atoms with Crippen molar-refractivity contribution in [3.63, 3.8) is 0 Å². The highest BCUT2D eigenvalue weighted by Gasteiger charge is 2.02. The van der Waals surface area contributed by atoms with Crippen LogP contribution in [0.2, 0.25) is 0 Å². The molecular formula is C15H25NO2. The summed E-state index contributed by atoms with van der Waals surface area (Å²) in [5, 5.41) is 12.8. The molecule has 0 radical (unpaired) electrons. The third kappa shape index (κ3) is 5.63. The Hall–Kier alpha value is -0.900. The zero-order chi connectivity index (χ0) is 13.4. The molecule has 3 heteroatoms. The molecule has 1 aromatic rings. The van der Waals surface area contributed by atoms with Crippen molar-refractivity contribution in [3.05, 3.63) is 35.4 Å². The van der Waals surface area contributed by atoms with E-state index < -0.39 is 0 Å². The van der Waals surface area contributed by atoms with Gasteiger partial charge < -0.3 is 15.2 Å². The van der Waals surface area contributed by atoms with Gasteiger partial charge >= 0.3 is 0 Å². The molecule has 0 aliphatic rings. The SMILES string of the molecule is COCC(O)CCNCc1ccc(C(C)C)cc1. The Kier molecular flexibility index (Phi) is 6.94. The summed E-state index contributed by atoms with van der Waals surface area (Å²) in [7, 11) is 1.60. The molecular weight excluding hydrogens is 226 g/mol. The summed E-state index contributed by atoms with van der Waals surface area (Å²) in [6, 6.07) is 8.69. The van der Waals surface area contributed by atoms with Gasteiger partial charge in [0.25, 0.3) is 0 Å². The van der Waals surface area contributed by atoms with Gasteiger partial charge in [0.05, 0.1) is 12.7 Å². The van der Waals surface area contributed by atoms with E-state index in [0.717, 1.165) is 19.5 Å². The van der Waals surface area contributed by atoms with E-state index in [-0.39, 0.29) is 6.10 Å². The van der Waals surface area contributed by atoms with Crippen LogP contribution in [0.1, 0.15) is 37.3 Å². The lowest BCUT2D eigenvalue weighted by Gasteiger charge is -2.11. The van der Waals surface area contributed by atoms with Crippen molar-refractivity contribution in [1.82, 2.24) is 5.32 Å². The number of rotatable bonds is 8. The largest absolute Gasteiger partial charge is 0.391 e. The predicted molar refractivity (Wildman–Crippen MR) is 74.7 cm³/mol. The Morgan fingerprint density at radius 3 is 2.44 bits per heavy atom. The summed E-state index contributed by atoms with van der Waals surface area (Å²) in [5.41, 5.74) is 2.65. The fraction of sp³-hybridized carbons (Fsp3) is 0.600. The molecule has 0 fully saturated rings. The van der Waals surface area contributed by atoms with E-state index in [4.69, 9.17) is 4.74 Å². The molecule has 0 saturated heterocycles. The molecule has 0 bridgehead atoms. The second kappa shape index (κ2) is 8.25. The minimum atomic E-state index is -0.370. The Balaban J connectivity index is 2.23. The van der Waals surface area contributed by atoms with Crippen LogP contribution in [0, 0.1) is 0 Å². The lowest BCUT2D eigenvalue weighted by atomic mass is 10.0. The number of nitrogens with one attached hydrogen (secondary N) is 1. The van der Waals surface area contributed by atoms with E-state index >= 15 is 0 Å². The van der Waals surface area contributed by atoms with E-state index in [1.807, 2.05) is 0 Å². The zero-order valence-corrected chi connectivity index (χ0v) is 11.6. The standard InChI is InChI=1S/C15H25NO2/c1-12(2)14-6-4-13(5-7-14)10-16-9-8-15(17)11-18-3/h4-7,12,15-17H,8-11H2,1-3H3. The smallest absolute Gasteiger partial charge is 0.0785 e. The average molecular weight is 251 g/mol. The van der Waals surface area contributed by atoms with Gasteiger partial charge in [0.15, 0.2) is 0 Å². The molecule has 18 heavy (non-hydrogen) atoms. The third-order valence-electron chi connectivity index (χ3n) is 2.99. The molecule has 102 valence electrons. The molecule has 1 atom stereocenters. The van der Waals surface area contributed by atoms with Crippen molar-refractivity contribution in [1.29, 1.82) is 0 Å². The molecule has 0 aliphatic carbocycles. The van der Waals surface area contributed by atoms with Gasteiger partial charge in [-0.25, -0.2) is 0 Å². The first-order valence-electron chi connectivity index (χ1n) is 6.60. The quantitative estimate of drug-likeness (QED) is 0.697. The molecule has 1 unspecified atom stereocenters. The molecule has 0 saturated carbocycles. The van der Waals surface area contributed by atoms with Gasteiger partial charge in [0.1, 0.15) is 0 Å². The van der Waals surface area contributed by atoms with Crippen LogP contribution in [0.3, 0.4) is 0 Å². The highest BCUT2D eigenvalue weighted by Crippen LogP contribution is 2.14. The minimum Gasteiger partial charge on any atom is -0.391 e. The minimum absolute atomic E-state index is 0.370. The molecule has 0 heterocycles. The number of methoxy groups -OCH3 is 1. The van der Waals surface area contributed by atoms with Gasteiger partial charge in [-0.1, -0.05) is 38.1 Å². The van der Waals surface area contributed by atoms with Crippen LogP contribution < -0.4 is 5.32 Å². The molecule has 2 N–H and O–H groups in total. The number of aliphatic hydroxyl groups excluding tert-OH is 1.